The Morgan fingerprint density at radius 3 is 2.76 bits per heavy atom. The van der Waals surface area contributed by atoms with E-state index in [2.05, 4.69) is 0 Å². The third-order valence-electron chi connectivity index (χ3n) is 6.38. The minimum absolute atomic E-state index is 0.0519. The molecule has 7 heteroatoms. The average molecular weight is 352 g/mol. The first-order valence-corrected chi connectivity index (χ1v) is 9.02. The van der Waals surface area contributed by atoms with Crippen molar-refractivity contribution in [2.75, 3.05) is 6.61 Å². The molecule has 2 aliphatic heterocycles. The fraction of sp³-hybridized carbons (Fsp3) is 0.833. The third-order valence-corrected chi connectivity index (χ3v) is 6.38. The van der Waals surface area contributed by atoms with E-state index < -0.39 is 35.3 Å². The van der Waals surface area contributed by atoms with Gasteiger partial charge in [-0.1, -0.05) is 6.92 Å². The lowest BCUT2D eigenvalue weighted by molar-refractivity contribution is -0.170. The number of hydrogen-bond acceptors (Lipinski definition) is 7. The number of cyclic esters (lactones) is 1. The van der Waals surface area contributed by atoms with Gasteiger partial charge >= 0.3 is 17.9 Å². The van der Waals surface area contributed by atoms with Crippen molar-refractivity contribution in [1.82, 2.24) is 0 Å². The Morgan fingerprint density at radius 2 is 2.12 bits per heavy atom. The minimum atomic E-state index is -1.00. The molecule has 0 aromatic carbocycles. The average Bonchev–Trinajstić information content (AvgIpc) is 3.25. The van der Waals surface area contributed by atoms with Gasteiger partial charge in [0.15, 0.2) is 5.60 Å². The standard InChI is InChI=1S/C18H24O7/c1-4-17(2,3)15(20)23-13-9-5-11-14(13)24-16(21)18(11,7-9)25-10-6-12(19)22-8-10/h9-11,13-14H,4-8H2,1-3H3. The zero-order valence-corrected chi connectivity index (χ0v) is 14.8. The van der Waals surface area contributed by atoms with E-state index in [0.717, 1.165) is 6.42 Å². The van der Waals surface area contributed by atoms with Crippen LogP contribution >= 0.6 is 0 Å². The van der Waals surface area contributed by atoms with Crippen molar-refractivity contribution in [2.24, 2.45) is 17.3 Å². The lowest BCUT2D eigenvalue weighted by Crippen LogP contribution is -2.49. The highest BCUT2D eigenvalue weighted by atomic mass is 16.6. The highest BCUT2D eigenvalue weighted by Crippen LogP contribution is 2.60. The van der Waals surface area contributed by atoms with E-state index in [1.807, 2.05) is 20.8 Å². The molecular formula is C18H24O7. The molecule has 2 heterocycles. The third kappa shape index (κ3) is 2.39. The summed E-state index contributed by atoms with van der Waals surface area (Å²) in [6.45, 7) is 5.84. The van der Waals surface area contributed by atoms with E-state index in [1.54, 1.807) is 0 Å². The Morgan fingerprint density at radius 1 is 1.36 bits per heavy atom. The van der Waals surface area contributed by atoms with Gasteiger partial charge in [-0.15, -0.1) is 0 Å². The number of esters is 3. The fourth-order valence-electron chi connectivity index (χ4n) is 4.53. The summed E-state index contributed by atoms with van der Waals surface area (Å²) in [4.78, 5) is 36.3. The lowest BCUT2D eigenvalue weighted by Gasteiger charge is -2.34. The van der Waals surface area contributed by atoms with Crippen LogP contribution in [-0.2, 0) is 33.3 Å². The SMILES string of the molecule is CCC(C)(C)C(=O)OC1C2CC3C1OC(=O)C3(OC1COC(=O)C1)C2. The molecule has 0 spiro atoms. The van der Waals surface area contributed by atoms with Crippen LogP contribution in [0.5, 0.6) is 0 Å². The quantitative estimate of drug-likeness (QED) is 0.545. The predicted molar refractivity (Wildman–Crippen MR) is 83.2 cm³/mol. The van der Waals surface area contributed by atoms with Crippen LogP contribution in [0.2, 0.25) is 0 Å². The van der Waals surface area contributed by atoms with Crippen LogP contribution in [0.3, 0.4) is 0 Å². The maximum Gasteiger partial charge on any atom is 0.339 e. The van der Waals surface area contributed by atoms with Gasteiger partial charge in [-0.25, -0.2) is 4.79 Å². The largest absolute Gasteiger partial charge is 0.463 e. The maximum atomic E-state index is 12.6. The summed E-state index contributed by atoms with van der Waals surface area (Å²) in [5.74, 6) is -1.02. The monoisotopic (exact) mass is 352 g/mol. The van der Waals surface area contributed by atoms with E-state index in [4.69, 9.17) is 18.9 Å². The molecule has 0 amide bonds. The van der Waals surface area contributed by atoms with Gasteiger partial charge in [0, 0.05) is 11.8 Å². The first kappa shape index (κ1) is 16.8. The first-order chi connectivity index (χ1) is 11.8. The van der Waals surface area contributed by atoms with Crippen molar-refractivity contribution in [1.29, 1.82) is 0 Å². The molecular weight excluding hydrogens is 328 g/mol. The van der Waals surface area contributed by atoms with Crippen molar-refractivity contribution in [2.45, 2.75) is 70.4 Å². The molecule has 2 aliphatic carbocycles. The van der Waals surface area contributed by atoms with Crippen LogP contribution in [0.15, 0.2) is 0 Å². The summed E-state index contributed by atoms with van der Waals surface area (Å²) < 4.78 is 22.3. The van der Waals surface area contributed by atoms with Gasteiger partial charge in [0.05, 0.1) is 11.8 Å². The molecule has 0 radical (unpaired) electrons. The summed E-state index contributed by atoms with van der Waals surface area (Å²) in [5, 5.41) is 0. The van der Waals surface area contributed by atoms with Gasteiger partial charge in [0.2, 0.25) is 0 Å². The van der Waals surface area contributed by atoms with Crippen LogP contribution < -0.4 is 0 Å². The molecule has 4 rings (SSSR count). The number of hydrogen-bond donors (Lipinski definition) is 0. The van der Waals surface area contributed by atoms with Crippen LogP contribution in [0.4, 0.5) is 0 Å². The Kier molecular flexibility index (Phi) is 3.65. The molecule has 4 aliphatic rings. The summed E-state index contributed by atoms with van der Waals surface area (Å²) in [5.41, 5.74) is -1.56. The smallest absolute Gasteiger partial charge is 0.339 e. The molecule has 0 aromatic heterocycles. The number of carbonyl (C=O) groups is 3. The number of carbonyl (C=O) groups excluding carboxylic acids is 3. The maximum absolute atomic E-state index is 12.6. The van der Waals surface area contributed by atoms with E-state index in [-0.39, 0.29) is 36.8 Å². The van der Waals surface area contributed by atoms with Crippen molar-refractivity contribution in [3.63, 3.8) is 0 Å². The van der Waals surface area contributed by atoms with Crippen molar-refractivity contribution >= 4 is 17.9 Å². The molecule has 0 aromatic rings. The van der Waals surface area contributed by atoms with Gasteiger partial charge < -0.3 is 18.9 Å². The van der Waals surface area contributed by atoms with Crippen molar-refractivity contribution in [3.8, 4) is 0 Å². The predicted octanol–water partition coefficient (Wildman–Crippen LogP) is 1.37. The van der Waals surface area contributed by atoms with Crippen molar-refractivity contribution in [3.05, 3.63) is 0 Å². The van der Waals surface area contributed by atoms with Gasteiger partial charge in [-0.2, -0.15) is 0 Å². The van der Waals surface area contributed by atoms with Crippen LogP contribution in [0.25, 0.3) is 0 Å². The molecule has 25 heavy (non-hydrogen) atoms. The number of fused-ring (bicyclic) bond motifs is 1. The first-order valence-electron chi connectivity index (χ1n) is 9.02. The van der Waals surface area contributed by atoms with E-state index >= 15 is 0 Å². The second-order valence-electron chi connectivity index (χ2n) is 8.30. The number of ether oxygens (including phenoxy) is 4. The summed E-state index contributed by atoms with van der Waals surface area (Å²) in [6.07, 6.45) is 0.817. The second-order valence-corrected chi connectivity index (χ2v) is 8.30. The molecule has 138 valence electrons. The van der Waals surface area contributed by atoms with Crippen molar-refractivity contribution < 1.29 is 33.3 Å². The van der Waals surface area contributed by atoms with E-state index in [1.165, 1.54) is 0 Å². The lowest BCUT2D eigenvalue weighted by atomic mass is 9.83. The Bertz CT molecular complexity index is 627. The fourth-order valence-corrected chi connectivity index (χ4v) is 4.53. The van der Waals surface area contributed by atoms with Crippen LogP contribution in [-0.4, -0.2) is 48.4 Å². The Labute approximate surface area is 146 Å². The molecule has 2 bridgehead atoms. The highest BCUT2D eigenvalue weighted by Gasteiger charge is 2.73. The van der Waals surface area contributed by atoms with Crippen LogP contribution in [0, 0.1) is 17.3 Å². The molecule has 6 unspecified atom stereocenters. The summed E-state index contributed by atoms with van der Waals surface area (Å²) in [6, 6.07) is 0. The second kappa shape index (κ2) is 5.43. The molecule has 6 atom stereocenters. The van der Waals surface area contributed by atoms with Gasteiger partial charge in [-0.05, 0) is 33.1 Å². The minimum Gasteiger partial charge on any atom is -0.463 e. The van der Waals surface area contributed by atoms with E-state index in [9.17, 15) is 14.4 Å². The molecule has 0 N–H and O–H groups in total. The van der Waals surface area contributed by atoms with E-state index in [0.29, 0.717) is 12.8 Å². The normalized spacial score (nSPS) is 41.8. The summed E-state index contributed by atoms with van der Waals surface area (Å²) >= 11 is 0. The molecule has 2 saturated carbocycles. The van der Waals surface area contributed by atoms with Gasteiger partial charge in [0.25, 0.3) is 0 Å². The Hall–Kier alpha value is -1.63. The molecule has 2 saturated heterocycles. The zero-order valence-electron chi connectivity index (χ0n) is 14.8. The van der Waals surface area contributed by atoms with Crippen LogP contribution in [0.1, 0.15) is 46.5 Å². The molecule has 4 fully saturated rings. The zero-order chi connectivity index (χ0) is 18.0. The highest BCUT2D eigenvalue weighted by molar-refractivity contribution is 5.85. The summed E-state index contributed by atoms with van der Waals surface area (Å²) in [7, 11) is 0. The number of rotatable bonds is 5. The van der Waals surface area contributed by atoms with Gasteiger partial charge in [0.1, 0.15) is 24.9 Å². The topological polar surface area (TPSA) is 88.1 Å². The van der Waals surface area contributed by atoms with Gasteiger partial charge in [-0.3, -0.25) is 9.59 Å². The molecule has 7 nitrogen and oxygen atoms in total. The Balaban J connectivity index is 1.49.